The molecule has 0 radical (unpaired) electrons. The maximum atomic E-state index is 12.0. The number of hydrogen-bond acceptors (Lipinski definition) is 2. The van der Waals surface area contributed by atoms with Crippen LogP contribution in [0, 0.1) is 0 Å². The molecule has 1 N–H and O–H groups in total. The van der Waals surface area contributed by atoms with Gasteiger partial charge in [0.1, 0.15) is 0 Å². The maximum Gasteiger partial charge on any atom is 0.303 e. The molecule has 0 saturated carbocycles. The van der Waals surface area contributed by atoms with Crippen LogP contribution in [0.15, 0.2) is 24.3 Å². The van der Waals surface area contributed by atoms with Gasteiger partial charge >= 0.3 is 5.97 Å². The van der Waals surface area contributed by atoms with Crippen LogP contribution in [0.25, 0.3) is 0 Å². The summed E-state index contributed by atoms with van der Waals surface area (Å²) in [7, 11) is 1.77. The molecule has 0 aliphatic heterocycles. The number of fused-ring (bicyclic) bond motifs is 1. The molecule has 0 heterocycles. The predicted octanol–water partition coefficient (Wildman–Crippen LogP) is 2.39. The molecule has 1 unspecified atom stereocenters. The van der Waals surface area contributed by atoms with Gasteiger partial charge in [-0.15, -0.1) is 0 Å². The minimum Gasteiger partial charge on any atom is -0.481 e. The summed E-state index contributed by atoms with van der Waals surface area (Å²) in [4.78, 5) is 24.3. The number of aryl methyl sites for hydroxylation is 1. The summed E-state index contributed by atoms with van der Waals surface area (Å²) >= 11 is 0. The first-order chi connectivity index (χ1) is 9.09. The lowest BCUT2D eigenvalue weighted by atomic mass is 9.87. The molecule has 0 saturated heterocycles. The zero-order valence-corrected chi connectivity index (χ0v) is 11.1. The fraction of sp³-hybridized carbons (Fsp3) is 0.467. The Morgan fingerprint density at radius 1 is 1.32 bits per heavy atom. The van der Waals surface area contributed by atoms with Crippen molar-refractivity contribution in [2.24, 2.45) is 0 Å². The number of carboxylic acids is 1. The van der Waals surface area contributed by atoms with E-state index in [1.807, 2.05) is 12.1 Å². The molecular weight excluding hydrogens is 242 g/mol. The van der Waals surface area contributed by atoms with Crippen molar-refractivity contribution in [2.75, 3.05) is 7.05 Å². The van der Waals surface area contributed by atoms with Gasteiger partial charge in [0.05, 0.1) is 12.5 Å². The Hall–Kier alpha value is -1.84. The van der Waals surface area contributed by atoms with Gasteiger partial charge in [-0.2, -0.15) is 0 Å². The van der Waals surface area contributed by atoms with Crippen molar-refractivity contribution >= 4 is 11.9 Å². The maximum absolute atomic E-state index is 12.0. The van der Waals surface area contributed by atoms with Gasteiger partial charge in [0.2, 0.25) is 5.91 Å². The van der Waals surface area contributed by atoms with E-state index < -0.39 is 5.97 Å². The zero-order chi connectivity index (χ0) is 13.8. The highest BCUT2D eigenvalue weighted by Gasteiger charge is 2.26. The van der Waals surface area contributed by atoms with E-state index in [9.17, 15) is 9.59 Å². The second kappa shape index (κ2) is 5.87. The second-order valence-electron chi connectivity index (χ2n) is 5.01. The van der Waals surface area contributed by atoms with E-state index in [0.717, 1.165) is 19.3 Å². The minimum atomic E-state index is -0.925. The van der Waals surface area contributed by atoms with Crippen LogP contribution in [0.5, 0.6) is 0 Å². The molecule has 1 aromatic carbocycles. The van der Waals surface area contributed by atoms with Crippen molar-refractivity contribution in [1.82, 2.24) is 4.90 Å². The molecule has 4 heteroatoms. The SMILES string of the molecule is CN(C(=O)CCC(=O)O)C1CCCc2ccccc21. The van der Waals surface area contributed by atoms with Crippen LogP contribution < -0.4 is 0 Å². The summed E-state index contributed by atoms with van der Waals surface area (Å²) in [6, 6.07) is 8.28. The van der Waals surface area contributed by atoms with Crippen molar-refractivity contribution < 1.29 is 14.7 Å². The molecule has 0 bridgehead atoms. The summed E-state index contributed by atoms with van der Waals surface area (Å²) in [6.45, 7) is 0. The first-order valence-corrected chi connectivity index (χ1v) is 6.65. The summed E-state index contributed by atoms with van der Waals surface area (Å²) < 4.78 is 0. The van der Waals surface area contributed by atoms with Gasteiger partial charge in [-0.3, -0.25) is 9.59 Å². The van der Waals surface area contributed by atoms with Gasteiger partial charge in [0, 0.05) is 13.5 Å². The number of carbonyl (C=O) groups is 2. The fourth-order valence-corrected chi connectivity index (χ4v) is 2.69. The Labute approximate surface area is 113 Å². The van der Waals surface area contributed by atoms with Crippen molar-refractivity contribution in [3.05, 3.63) is 35.4 Å². The topological polar surface area (TPSA) is 57.6 Å². The van der Waals surface area contributed by atoms with E-state index in [0.29, 0.717) is 0 Å². The van der Waals surface area contributed by atoms with Crippen molar-refractivity contribution in [3.63, 3.8) is 0 Å². The number of rotatable bonds is 4. The summed E-state index contributed by atoms with van der Waals surface area (Å²) in [5, 5.41) is 8.64. The molecule has 102 valence electrons. The van der Waals surface area contributed by atoms with Crippen molar-refractivity contribution in [1.29, 1.82) is 0 Å². The summed E-state index contributed by atoms with van der Waals surface area (Å²) in [5.41, 5.74) is 2.51. The molecule has 1 aliphatic rings. The minimum absolute atomic E-state index is 0.0739. The standard InChI is InChI=1S/C15H19NO3/c1-16(14(17)9-10-15(18)19)13-8-4-6-11-5-2-3-7-12(11)13/h2-3,5,7,13H,4,6,8-10H2,1H3,(H,18,19). The van der Waals surface area contributed by atoms with Gasteiger partial charge in [0.15, 0.2) is 0 Å². The Balaban J connectivity index is 2.10. The molecule has 0 spiro atoms. The average Bonchev–Trinajstić information content (AvgIpc) is 2.43. The highest BCUT2D eigenvalue weighted by atomic mass is 16.4. The number of nitrogens with zero attached hydrogens (tertiary/aromatic N) is 1. The van der Waals surface area contributed by atoms with E-state index >= 15 is 0 Å². The van der Waals surface area contributed by atoms with E-state index in [1.54, 1.807) is 11.9 Å². The Morgan fingerprint density at radius 3 is 2.79 bits per heavy atom. The molecule has 4 nitrogen and oxygen atoms in total. The molecule has 1 atom stereocenters. The van der Waals surface area contributed by atoms with Crippen LogP contribution in [-0.2, 0) is 16.0 Å². The number of benzene rings is 1. The van der Waals surface area contributed by atoms with Crippen LogP contribution in [-0.4, -0.2) is 28.9 Å². The first kappa shape index (κ1) is 13.6. The quantitative estimate of drug-likeness (QED) is 0.905. The first-order valence-electron chi connectivity index (χ1n) is 6.65. The fourth-order valence-electron chi connectivity index (χ4n) is 2.69. The molecule has 0 aromatic heterocycles. The van der Waals surface area contributed by atoms with Gasteiger partial charge < -0.3 is 10.0 Å². The molecular formula is C15H19NO3. The van der Waals surface area contributed by atoms with Gasteiger partial charge in [-0.1, -0.05) is 24.3 Å². The van der Waals surface area contributed by atoms with Crippen LogP contribution >= 0.6 is 0 Å². The highest BCUT2D eigenvalue weighted by molar-refractivity contribution is 5.81. The summed E-state index contributed by atoms with van der Waals surface area (Å²) in [6.07, 6.45) is 3.05. The van der Waals surface area contributed by atoms with E-state index in [4.69, 9.17) is 5.11 Å². The van der Waals surface area contributed by atoms with Gasteiger partial charge in [-0.05, 0) is 30.4 Å². The third-order valence-corrected chi connectivity index (χ3v) is 3.75. The Bertz CT molecular complexity index is 484. The van der Waals surface area contributed by atoms with Crippen LogP contribution in [0.4, 0.5) is 0 Å². The second-order valence-corrected chi connectivity index (χ2v) is 5.01. The monoisotopic (exact) mass is 261 g/mol. The molecule has 2 rings (SSSR count). The van der Waals surface area contributed by atoms with Crippen LogP contribution in [0.1, 0.15) is 42.9 Å². The van der Waals surface area contributed by atoms with Crippen molar-refractivity contribution in [3.8, 4) is 0 Å². The predicted molar refractivity (Wildman–Crippen MR) is 71.8 cm³/mol. The number of aliphatic carboxylic acids is 1. The lowest BCUT2D eigenvalue weighted by Gasteiger charge is -2.33. The molecule has 1 aliphatic carbocycles. The normalized spacial score (nSPS) is 17.6. The molecule has 0 fully saturated rings. The lowest BCUT2D eigenvalue weighted by Crippen LogP contribution is -2.33. The van der Waals surface area contributed by atoms with Crippen molar-refractivity contribution in [2.45, 2.75) is 38.1 Å². The Kier molecular flexibility index (Phi) is 4.20. The largest absolute Gasteiger partial charge is 0.481 e. The third-order valence-electron chi connectivity index (χ3n) is 3.75. The average molecular weight is 261 g/mol. The van der Waals surface area contributed by atoms with Crippen LogP contribution in [0.2, 0.25) is 0 Å². The number of carbonyl (C=O) groups excluding carboxylic acids is 1. The smallest absolute Gasteiger partial charge is 0.303 e. The third kappa shape index (κ3) is 3.13. The molecule has 1 aromatic rings. The van der Waals surface area contributed by atoms with Gasteiger partial charge in [-0.25, -0.2) is 0 Å². The lowest BCUT2D eigenvalue weighted by molar-refractivity contribution is -0.141. The molecule has 19 heavy (non-hydrogen) atoms. The van der Waals surface area contributed by atoms with E-state index in [-0.39, 0.29) is 24.8 Å². The number of carboxylic acid groups (broad SMARTS) is 1. The number of amides is 1. The number of hydrogen-bond donors (Lipinski definition) is 1. The zero-order valence-electron chi connectivity index (χ0n) is 11.1. The highest BCUT2D eigenvalue weighted by Crippen LogP contribution is 2.33. The van der Waals surface area contributed by atoms with E-state index in [1.165, 1.54) is 11.1 Å². The van der Waals surface area contributed by atoms with E-state index in [2.05, 4.69) is 12.1 Å². The Morgan fingerprint density at radius 2 is 2.05 bits per heavy atom. The van der Waals surface area contributed by atoms with Crippen LogP contribution in [0.3, 0.4) is 0 Å². The summed E-state index contributed by atoms with van der Waals surface area (Å²) in [5.74, 6) is -1.02. The van der Waals surface area contributed by atoms with Gasteiger partial charge in [0.25, 0.3) is 0 Å². The molecule has 1 amide bonds.